The van der Waals surface area contributed by atoms with Gasteiger partial charge in [-0.15, -0.1) is 0 Å². The quantitative estimate of drug-likeness (QED) is 0.516. The van der Waals surface area contributed by atoms with Crippen molar-refractivity contribution in [2.75, 3.05) is 25.0 Å². The summed E-state index contributed by atoms with van der Waals surface area (Å²) in [6.07, 6.45) is 8.61. The lowest BCUT2D eigenvalue weighted by Crippen LogP contribution is -2.42. The molecule has 1 aromatic heterocycles. The Kier molecular flexibility index (Phi) is 5.13. The second-order valence-corrected chi connectivity index (χ2v) is 5.90. The zero-order valence-corrected chi connectivity index (χ0v) is 13.5. The second kappa shape index (κ2) is 7.66. The van der Waals surface area contributed by atoms with Crippen molar-refractivity contribution in [3.63, 3.8) is 0 Å². The van der Waals surface area contributed by atoms with E-state index < -0.39 is 0 Å². The fourth-order valence-electron chi connectivity index (χ4n) is 2.74. The van der Waals surface area contributed by atoms with Crippen molar-refractivity contribution < 1.29 is 0 Å². The van der Waals surface area contributed by atoms with Crippen LogP contribution in [0.1, 0.15) is 25.0 Å². The van der Waals surface area contributed by atoms with E-state index in [1.165, 1.54) is 31.7 Å². The first kappa shape index (κ1) is 16.1. The molecular formula is C16H22N8. The molecule has 0 aliphatic carbocycles. The van der Waals surface area contributed by atoms with Gasteiger partial charge in [0.05, 0.1) is 30.3 Å². The standard InChI is InChI=1S/C16H22N8/c17-6-12-8-22-16(10-20-12)24-15-5-14(13(18)9-23-15)21-7-11-3-1-2-4-19-11/h5,8,10-11,19,21,23H,1-4,7,9,18H2,(H,22,24)/t11-/m1/s1. The van der Waals surface area contributed by atoms with E-state index in [1.54, 1.807) is 0 Å². The van der Waals surface area contributed by atoms with E-state index in [0.29, 0.717) is 18.4 Å². The van der Waals surface area contributed by atoms with E-state index in [4.69, 9.17) is 11.0 Å². The van der Waals surface area contributed by atoms with Gasteiger partial charge < -0.3 is 27.0 Å². The van der Waals surface area contributed by atoms with Crippen molar-refractivity contribution in [3.8, 4) is 6.07 Å². The third-order valence-electron chi connectivity index (χ3n) is 4.08. The van der Waals surface area contributed by atoms with E-state index in [9.17, 15) is 0 Å². The van der Waals surface area contributed by atoms with Crippen LogP contribution in [0.5, 0.6) is 0 Å². The Morgan fingerprint density at radius 1 is 1.33 bits per heavy atom. The number of nitriles is 1. The molecule has 8 heteroatoms. The molecule has 1 saturated heterocycles. The van der Waals surface area contributed by atoms with E-state index >= 15 is 0 Å². The maximum atomic E-state index is 8.75. The first-order chi connectivity index (χ1) is 11.7. The molecule has 0 amide bonds. The summed E-state index contributed by atoms with van der Waals surface area (Å²) in [6.45, 7) is 2.50. The highest BCUT2D eigenvalue weighted by atomic mass is 15.2. The van der Waals surface area contributed by atoms with Crippen LogP contribution in [-0.2, 0) is 0 Å². The molecule has 6 N–H and O–H groups in total. The molecule has 2 aliphatic heterocycles. The number of rotatable bonds is 5. The number of nitrogens with one attached hydrogen (secondary N) is 4. The molecule has 126 valence electrons. The number of allylic oxidation sites excluding steroid dienone is 1. The number of aromatic nitrogens is 2. The fourth-order valence-corrected chi connectivity index (χ4v) is 2.74. The molecule has 0 radical (unpaired) electrons. The van der Waals surface area contributed by atoms with Crippen LogP contribution in [-0.4, -0.2) is 35.6 Å². The third kappa shape index (κ3) is 4.14. The predicted octanol–water partition coefficient (Wildman–Crippen LogP) is 0.107. The van der Waals surface area contributed by atoms with Gasteiger partial charge in [-0.05, 0) is 19.4 Å². The Morgan fingerprint density at radius 3 is 2.96 bits per heavy atom. The largest absolute Gasteiger partial charge is 0.399 e. The second-order valence-electron chi connectivity index (χ2n) is 5.90. The van der Waals surface area contributed by atoms with Crippen LogP contribution in [0.3, 0.4) is 0 Å². The molecule has 24 heavy (non-hydrogen) atoms. The minimum absolute atomic E-state index is 0.289. The zero-order valence-electron chi connectivity index (χ0n) is 13.5. The Morgan fingerprint density at radius 2 is 2.25 bits per heavy atom. The lowest BCUT2D eigenvalue weighted by Gasteiger charge is -2.26. The molecule has 0 saturated carbocycles. The fraction of sp³-hybridized carbons (Fsp3) is 0.438. The third-order valence-corrected chi connectivity index (χ3v) is 4.08. The van der Waals surface area contributed by atoms with E-state index in [2.05, 4.69) is 31.2 Å². The lowest BCUT2D eigenvalue weighted by molar-refractivity contribution is 0.393. The molecule has 1 atom stereocenters. The average molecular weight is 326 g/mol. The summed E-state index contributed by atoms with van der Waals surface area (Å²) in [6, 6.07) is 2.44. The highest BCUT2D eigenvalue weighted by molar-refractivity contribution is 5.44. The van der Waals surface area contributed by atoms with Gasteiger partial charge in [-0.3, -0.25) is 0 Å². The number of nitrogens with zero attached hydrogens (tertiary/aromatic N) is 3. The predicted molar refractivity (Wildman–Crippen MR) is 91.3 cm³/mol. The molecule has 1 aromatic rings. The molecule has 1 fully saturated rings. The van der Waals surface area contributed by atoms with E-state index in [0.717, 1.165) is 30.3 Å². The number of nitrogens with two attached hydrogens (primary N) is 1. The number of hydrogen-bond donors (Lipinski definition) is 5. The molecule has 0 spiro atoms. The van der Waals surface area contributed by atoms with Gasteiger partial charge in [0.1, 0.15) is 17.7 Å². The molecule has 3 rings (SSSR count). The van der Waals surface area contributed by atoms with Crippen molar-refractivity contribution in [2.24, 2.45) is 5.73 Å². The highest BCUT2D eigenvalue weighted by Crippen LogP contribution is 2.12. The Hall–Kier alpha value is -2.79. The van der Waals surface area contributed by atoms with Crippen LogP contribution in [0.2, 0.25) is 0 Å². The van der Waals surface area contributed by atoms with Crippen molar-refractivity contribution in [2.45, 2.75) is 25.3 Å². The van der Waals surface area contributed by atoms with E-state index in [-0.39, 0.29) is 5.69 Å². The van der Waals surface area contributed by atoms with Gasteiger partial charge >= 0.3 is 0 Å². The summed E-state index contributed by atoms with van der Waals surface area (Å²) in [5.74, 6) is 1.36. The van der Waals surface area contributed by atoms with Gasteiger partial charge in [0, 0.05) is 18.7 Å². The Bertz CT molecular complexity index is 664. The number of hydrogen-bond acceptors (Lipinski definition) is 8. The monoisotopic (exact) mass is 326 g/mol. The SMILES string of the molecule is N#Cc1cnc(NC2=CC(NC[C@H]3CCCCN3)=C(N)CN2)cn1. The van der Waals surface area contributed by atoms with Crippen molar-refractivity contribution >= 4 is 5.82 Å². The molecule has 3 heterocycles. The highest BCUT2D eigenvalue weighted by Gasteiger charge is 2.15. The summed E-state index contributed by atoms with van der Waals surface area (Å²) in [5, 5.41) is 22.0. The molecule has 0 bridgehead atoms. The van der Waals surface area contributed by atoms with Gasteiger partial charge in [-0.2, -0.15) is 5.26 Å². The van der Waals surface area contributed by atoms with Crippen LogP contribution in [0, 0.1) is 11.3 Å². The summed E-state index contributed by atoms with van der Waals surface area (Å²) >= 11 is 0. The first-order valence-corrected chi connectivity index (χ1v) is 8.15. The van der Waals surface area contributed by atoms with Gasteiger partial charge in [-0.1, -0.05) is 6.42 Å². The van der Waals surface area contributed by atoms with Gasteiger partial charge in [0.2, 0.25) is 0 Å². The molecular weight excluding hydrogens is 304 g/mol. The smallest absolute Gasteiger partial charge is 0.158 e. The van der Waals surface area contributed by atoms with Crippen LogP contribution in [0.25, 0.3) is 0 Å². The van der Waals surface area contributed by atoms with E-state index in [1.807, 2.05) is 12.1 Å². The summed E-state index contributed by atoms with van der Waals surface area (Å²) in [4.78, 5) is 8.14. The van der Waals surface area contributed by atoms with Gasteiger partial charge in [0.15, 0.2) is 5.69 Å². The Balaban J connectivity index is 1.60. The number of anilines is 1. The summed E-state index contributed by atoms with van der Waals surface area (Å²) in [7, 11) is 0. The van der Waals surface area contributed by atoms with Crippen molar-refractivity contribution in [1.82, 2.24) is 25.9 Å². The molecule has 0 aromatic carbocycles. The number of piperidine rings is 1. The van der Waals surface area contributed by atoms with Crippen molar-refractivity contribution in [3.05, 3.63) is 41.4 Å². The first-order valence-electron chi connectivity index (χ1n) is 8.15. The molecule has 8 nitrogen and oxygen atoms in total. The number of dihydropyridines is 1. The van der Waals surface area contributed by atoms with Crippen LogP contribution in [0.4, 0.5) is 5.82 Å². The molecule has 0 unspecified atom stereocenters. The van der Waals surface area contributed by atoms with Gasteiger partial charge in [0.25, 0.3) is 0 Å². The minimum Gasteiger partial charge on any atom is -0.399 e. The zero-order chi connectivity index (χ0) is 16.8. The van der Waals surface area contributed by atoms with Crippen LogP contribution in [0.15, 0.2) is 35.7 Å². The topological polar surface area (TPSA) is 124 Å². The lowest BCUT2D eigenvalue weighted by atomic mass is 10.0. The molecule has 2 aliphatic rings. The Labute approximate surface area is 141 Å². The maximum Gasteiger partial charge on any atom is 0.158 e. The summed E-state index contributed by atoms with van der Waals surface area (Å²) < 4.78 is 0. The van der Waals surface area contributed by atoms with Gasteiger partial charge in [-0.25, -0.2) is 9.97 Å². The minimum atomic E-state index is 0.289. The van der Waals surface area contributed by atoms with Crippen LogP contribution >= 0.6 is 0 Å². The van der Waals surface area contributed by atoms with Crippen LogP contribution < -0.4 is 27.0 Å². The summed E-state index contributed by atoms with van der Waals surface area (Å²) in [5.41, 5.74) is 8.08. The average Bonchev–Trinajstić information content (AvgIpc) is 2.63. The van der Waals surface area contributed by atoms with Crippen molar-refractivity contribution in [1.29, 1.82) is 5.26 Å². The normalized spacial score (nSPS) is 20.6. The maximum absolute atomic E-state index is 8.75.